The highest BCUT2D eigenvalue weighted by Gasteiger charge is 2.14. The van der Waals surface area contributed by atoms with Crippen molar-refractivity contribution < 1.29 is 9.21 Å². The SMILES string of the molecule is Cc1c(Br)cccc1C(=O)NC(C)Cc1ccco1. The summed E-state index contributed by atoms with van der Waals surface area (Å²) in [5, 5.41) is 2.98. The van der Waals surface area contributed by atoms with Crippen LogP contribution in [0.4, 0.5) is 0 Å². The van der Waals surface area contributed by atoms with Crippen LogP contribution in [0.3, 0.4) is 0 Å². The molecule has 0 aliphatic carbocycles. The lowest BCUT2D eigenvalue weighted by atomic mass is 10.1. The Morgan fingerprint density at radius 2 is 2.16 bits per heavy atom. The molecule has 2 rings (SSSR count). The Bertz CT molecular complexity index is 564. The van der Waals surface area contributed by atoms with Crippen LogP contribution < -0.4 is 5.32 Å². The van der Waals surface area contributed by atoms with Gasteiger partial charge in [-0.15, -0.1) is 0 Å². The lowest BCUT2D eigenvalue weighted by Crippen LogP contribution is -2.34. The van der Waals surface area contributed by atoms with Gasteiger partial charge in [0.15, 0.2) is 0 Å². The third kappa shape index (κ3) is 3.47. The normalized spacial score (nSPS) is 12.2. The van der Waals surface area contributed by atoms with Crippen LogP contribution in [0, 0.1) is 6.92 Å². The molecule has 0 radical (unpaired) electrons. The Morgan fingerprint density at radius 1 is 1.37 bits per heavy atom. The van der Waals surface area contributed by atoms with Crippen LogP contribution in [0.25, 0.3) is 0 Å². The molecule has 2 aromatic rings. The predicted molar refractivity (Wildman–Crippen MR) is 78.2 cm³/mol. The first-order chi connectivity index (χ1) is 9.08. The highest BCUT2D eigenvalue weighted by molar-refractivity contribution is 9.10. The maximum Gasteiger partial charge on any atom is 0.251 e. The van der Waals surface area contributed by atoms with E-state index in [0.29, 0.717) is 12.0 Å². The lowest BCUT2D eigenvalue weighted by Gasteiger charge is -2.14. The number of halogens is 1. The molecule has 1 aromatic carbocycles. The van der Waals surface area contributed by atoms with E-state index in [4.69, 9.17) is 4.42 Å². The van der Waals surface area contributed by atoms with Gasteiger partial charge in [-0.3, -0.25) is 4.79 Å². The molecule has 0 aliphatic rings. The zero-order valence-electron chi connectivity index (χ0n) is 10.9. The van der Waals surface area contributed by atoms with Crippen LogP contribution in [0.2, 0.25) is 0 Å². The molecule has 0 fully saturated rings. The predicted octanol–water partition coefficient (Wildman–Crippen LogP) is 3.71. The number of carbonyl (C=O) groups excluding carboxylic acids is 1. The number of benzene rings is 1. The molecule has 0 saturated heterocycles. The molecular formula is C15H16BrNO2. The van der Waals surface area contributed by atoms with Gasteiger partial charge in [0.05, 0.1) is 6.26 Å². The van der Waals surface area contributed by atoms with E-state index in [9.17, 15) is 4.79 Å². The third-order valence-electron chi connectivity index (χ3n) is 2.98. The van der Waals surface area contributed by atoms with Gasteiger partial charge >= 0.3 is 0 Å². The number of carbonyl (C=O) groups is 1. The van der Waals surface area contributed by atoms with Crippen molar-refractivity contribution in [3.05, 3.63) is 58.0 Å². The summed E-state index contributed by atoms with van der Waals surface area (Å²) in [6, 6.07) is 9.41. The molecule has 4 heteroatoms. The molecule has 0 saturated carbocycles. The van der Waals surface area contributed by atoms with Gasteiger partial charge in [-0.05, 0) is 43.7 Å². The molecule has 3 nitrogen and oxygen atoms in total. The number of rotatable bonds is 4. The number of hydrogen-bond donors (Lipinski definition) is 1. The molecule has 1 amide bonds. The lowest BCUT2D eigenvalue weighted by molar-refractivity contribution is 0.0938. The summed E-state index contributed by atoms with van der Waals surface area (Å²) in [5.41, 5.74) is 1.64. The molecule has 0 spiro atoms. The van der Waals surface area contributed by atoms with Crippen molar-refractivity contribution in [3.8, 4) is 0 Å². The monoisotopic (exact) mass is 321 g/mol. The smallest absolute Gasteiger partial charge is 0.251 e. The zero-order valence-corrected chi connectivity index (χ0v) is 12.5. The quantitative estimate of drug-likeness (QED) is 0.932. The van der Waals surface area contributed by atoms with Gasteiger partial charge in [-0.2, -0.15) is 0 Å². The van der Waals surface area contributed by atoms with Crippen molar-refractivity contribution >= 4 is 21.8 Å². The van der Waals surface area contributed by atoms with Gasteiger partial charge in [0.2, 0.25) is 0 Å². The van der Waals surface area contributed by atoms with Crippen LogP contribution >= 0.6 is 15.9 Å². The second-order valence-corrected chi connectivity index (χ2v) is 5.42. The minimum absolute atomic E-state index is 0.0250. The van der Waals surface area contributed by atoms with E-state index in [0.717, 1.165) is 15.8 Å². The fraction of sp³-hybridized carbons (Fsp3) is 0.267. The van der Waals surface area contributed by atoms with Crippen molar-refractivity contribution in [2.45, 2.75) is 26.3 Å². The number of hydrogen-bond acceptors (Lipinski definition) is 2. The van der Waals surface area contributed by atoms with Crippen molar-refractivity contribution in [1.82, 2.24) is 5.32 Å². The Morgan fingerprint density at radius 3 is 2.84 bits per heavy atom. The Balaban J connectivity index is 2.02. The van der Waals surface area contributed by atoms with Gasteiger partial charge < -0.3 is 9.73 Å². The van der Waals surface area contributed by atoms with Crippen molar-refractivity contribution in [2.75, 3.05) is 0 Å². The van der Waals surface area contributed by atoms with E-state index in [1.54, 1.807) is 6.26 Å². The molecule has 0 aliphatic heterocycles. The standard InChI is InChI=1S/C15H16BrNO2/c1-10(9-12-5-4-8-19-12)17-15(18)13-6-3-7-14(16)11(13)2/h3-8,10H,9H2,1-2H3,(H,17,18). The topological polar surface area (TPSA) is 42.2 Å². The van der Waals surface area contributed by atoms with E-state index in [-0.39, 0.29) is 11.9 Å². The van der Waals surface area contributed by atoms with Crippen LogP contribution in [0.5, 0.6) is 0 Å². The Hall–Kier alpha value is -1.55. The van der Waals surface area contributed by atoms with E-state index in [1.165, 1.54) is 0 Å². The first-order valence-corrected chi connectivity index (χ1v) is 6.95. The fourth-order valence-corrected chi connectivity index (χ4v) is 2.30. The Labute approximate surface area is 121 Å². The zero-order chi connectivity index (χ0) is 13.8. The summed E-state index contributed by atoms with van der Waals surface area (Å²) in [6.45, 7) is 3.89. The average molecular weight is 322 g/mol. The minimum atomic E-state index is -0.0575. The largest absolute Gasteiger partial charge is 0.469 e. The van der Waals surface area contributed by atoms with Gasteiger partial charge in [-0.25, -0.2) is 0 Å². The summed E-state index contributed by atoms with van der Waals surface area (Å²) in [5.74, 6) is 0.816. The summed E-state index contributed by atoms with van der Waals surface area (Å²) in [4.78, 5) is 12.2. The molecule has 19 heavy (non-hydrogen) atoms. The van der Waals surface area contributed by atoms with E-state index < -0.39 is 0 Å². The highest BCUT2D eigenvalue weighted by atomic mass is 79.9. The number of furan rings is 1. The van der Waals surface area contributed by atoms with E-state index in [2.05, 4.69) is 21.2 Å². The molecule has 1 atom stereocenters. The van der Waals surface area contributed by atoms with Crippen molar-refractivity contribution in [1.29, 1.82) is 0 Å². The molecule has 1 heterocycles. The highest BCUT2D eigenvalue weighted by Crippen LogP contribution is 2.19. The summed E-state index contributed by atoms with van der Waals surface area (Å²) in [6.07, 6.45) is 2.33. The third-order valence-corrected chi connectivity index (χ3v) is 3.84. The van der Waals surface area contributed by atoms with E-state index >= 15 is 0 Å². The second kappa shape index (κ2) is 6.06. The molecule has 1 unspecified atom stereocenters. The van der Waals surface area contributed by atoms with Gasteiger partial charge in [-0.1, -0.05) is 22.0 Å². The summed E-state index contributed by atoms with van der Waals surface area (Å²) in [7, 11) is 0. The number of amides is 1. The van der Waals surface area contributed by atoms with Crippen molar-refractivity contribution in [2.24, 2.45) is 0 Å². The van der Waals surface area contributed by atoms with Crippen LogP contribution in [-0.2, 0) is 6.42 Å². The van der Waals surface area contributed by atoms with Crippen molar-refractivity contribution in [3.63, 3.8) is 0 Å². The first kappa shape index (κ1) is 13.9. The molecule has 100 valence electrons. The van der Waals surface area contributed by atoms with Crippen LogP contribution in [0.1, 0.15) is 28.6 Å². The first-order valence-electron chi connectivity index (χ1n) is 6.16. The maximum atomic E-state index is 12.2. The molecule has 1 N–H and O–H groups in total. The molecule has 0 bridgehead atoms. The summed E-state index contributed by atoms with van der Waals surface area (Å²) < 4.78 is 6.22. The number of nitrogens with one attached hydrogen (secondary N) is 1. The van der Waals surface area contributed by atoms with E-state index in [1.807, 2.05) is 44.2 Å². The van der Waals surface area contributed by atoms with Crippen LogP contribution in [0.15, 0.2) is 45.5 Å². The summed E-state index contributed by atoms with van der Waals surface area (Å²) >= 11 is 3.43. The van der Waals surface area contributed by atoms with Crippen LogP contribution in [-0.4, -0.2) is 11.9 Å². The average Bonchev–Trinajstić information content (AvgIpc) is 2.85. The second-order valence-electron chi connectivity index (χ2n) is 4.57. The van der Waals surface area contributed by atoms with Gasteiger partial charge in [0.25, 0.3) is 5.91 Å². The maximum absolute atomic E-state index is 12.2. The minimum Gasteiger partial charge on any atom is -0.469 e. The molecular weight excluding hydrogens is 306 g/mol. The fourth-order valence-electron chi connectivity index (χ4n) is 1.94. The molecule has 1 aromatic heterocycles. The van der Waals surface area contributed by atoms with Gasteiger partial charge in [0, 0.05) is 22.5 Å². The Kier molecular flexibility index (Phi) is 4.43. The van der Waals surface area contributed by atoms with Gasteiger partial charge in [0.1, 0.15) is 5.76 Å².